The SMILES string of the molecule is COC(=O)C(Nc1ccc(C)cc1)c1cccc(Br)c1. The molecule has 0 saturated carbocycles. The molecule has 0 radical (unpaired) electrons. The molecule has 3 nitrogen and oxygen atoms in total. The van der Waals surface area contributed by atoms with Gasteiger partial charge in [0, 0.05) is 10.2 Å². The van der Waals surface area contributed by atoms with E-state index in [-0.39, 0.29) is 5.97 Å². The van der Waals surface area contributed by atoms with Crippen LogP contribution in [0.4, 0.5) is 5.69 Å². The van der Waals surface area contributed by atoms with Gasteiger partial charge in [-0.1, -0.05) is 45.8 Å². The highest BCUT2D eigenvalue weighted by molar-refractivity contribution is 9.10. The molecule has 0 saturated heterocycles. The third-order valence-corrected chi connectivity index (χ3v) is 3.47. The highest BCUT2D eigenvalue weighted by Crippen LogP contribution is 2.23. The number of aryl methyl sites for hydroxylation is 1. The Kier molecular flexibility index (Phi) is 4.79. The molecular formula is C16H16BrNO2. The molecule has 0 aliphatic carbocycles. The largest absolute Gasteiger partial charge is 0.467 e. The lowest BCUT2D eigenvalue weighted by atomic mass is 10.1. The number of carbonyl (C=O) groups excluding carboxylic acids is 1. The minimum Gasteiger partial charge on any atom is -0.467 e. The highest BCUT2D eigenvalue weighted by atomic mass is 79.9. The first-order valence-corrected chi connectivity index (χ1v) is 7.06. The van der Waals surface area contributed by atoms with Crippen LogP contribution in [-0.4, -0.2) is 13.1 Å². The van der Waals surface area contributed by atoms with E-state index in [1.807, 2.05) is 55.5 Å². The Hall–Kier alpha value is -1.81. The fourth-order valence-corrected chi connectivity index (χ4v) is 2.32. The fraction of sp³-hybridized carbons (Fsp3) is 0.188. The zero-order chi connectivity index (χ0) is 14.5. The lowest BCUT2D eigenvalue weighted by Crippen LogP contribution is -2.22. The summed E-state index contributed by atoms with van der Waals surface area (Å²) in [5.74, 6) is -0.316. The van der Waals surface area contributed by atoms with Gasteiger partial charge >= 0.3 is 5.97 Å². The van der Waals surface area contributed by atoms with Gasteiger partial charge in [-0.2, -0.15) is 0 Å². The summed E-state index contributed by atoms with van der Waals surface area (Å²) in [5.41, 5.74) is 2.91. The maximum Gasteiger partial charge on any atom is 0.332 e. The Bertz CT molecular complexity index is 596. The summed E-state index contributed by atoms with van der Waals surface area (Å²) >= 11 is 3.42. The van der Waals surface area contributed by atoms with Crippen LogP contribution in [0.3, 0.4) is 0 Å². The number of hydrogen-bond donors (Lipinski definition) is 1. The number of hydrogen-bond acceptors (Lipinski definition) is 3. The number of ether oxygens (including phenoxy) is 1. The van der Waals surface area contributed by atoms with Crippen molar-refractivity contribution < 1.29 is 9.53 Å². The van der Waals surface area contributed by atoms with Crippen molar-refractivity contribution in [2.75, 3.05) is 12.4 Å². The van der Waals surface area contributed by atoms with Crippen molar-refractivity contribution in [3.8, 4) is 0 Å². The van der Waals surface area contributed by atoms with Crippen LogP contribution in [0.25, 0.3) is 0 Å². The van der Waals surface area contributed by atoms with Crippen LogP contribution >= 0.6 is 15.9 Å². The maximum absolute atomic E-state index is 12.0. The van der Waals surface area contributed by atoms with Gasteiger partial charge in [-0.3, -0.25) is 0 Å². The summed E-state index contributed by atoms with van der Waals surface area (Å²) in [6, 6.07) is 15.0. The van der Waals surface area contributed by atoms with Gasteiger partial charge in [0.1, 0.15) is 0 Å². The second-order valence-corrected chi connectivity index (χ2v) is 5.44. The average molecular weight is 334 g/mol. The number of benzene rings is 2. The first-order valence-electron chi connectivity index (χ1n) is 6.26. The molecule has 1 unspecified atom stereocenters. The van der Waals surface area contributed by atoms with Gasteiger partial charge in [0.25, 0.3) is 0 Å². The minimum absolute atomic E-state index is 0.316. The van der Waals surface area contributed by atoms with Crippen molar-refractivity contribution >= 4 is 27.6 Å². The van der Waals surface area contributed by atoms with Crippen molar-refractivity contribution in [3.63, 3.8) is 0 Å². The minimum atomic E-state index is -0.528. The zero-order valence-corrected chi connectivity index (χ0v) is 13.0. The maximum atomic E-state index is 12.0. The first kappa shape index (κ1) is 14.6. The summed E-state index contributed by atoms with van der Waals surface area (Å²) in [5, 5.41) is 3.21. The number of rotatable bonds is 4. The van der Waals surface area contributed by atoms with Crippen molar-refractivity contribution in [2.45, 2.75) is 13.0 Å². The van der Waals surface area contributed by atoms with E-state index < -0.39 is 6.04 Å². The van der Waals surface area contributed by atoms with Crippen molar-refractivity contribution in [3.05, 3.63) is 64.1 Å². The third kappa shape index (κ3) is 3.61. The summed E-state index contributed by atoms with van der Waals surface area (Å²) in [4.78, 5) is 12.0. The van der Waals surface area contributed by atoms with Crippen molar-refractivity contribution in [2.24, 2.45) is 0 Å². The van der Waals surface area contributed by atoms with E-state index in [0.29, 0.717) is 0 Å². The summed E-state index contributed by atoms with van der Waals surface area (Å²) in [6.45, 7) is 2.02. The second kappa shape index (κ2) is 6.57. The molecule has 1 atom stereocenters. The molecule has 0 aromatic heterocycles. The van der Waals surface area contributed by atoms with Gasteiger partial charge in [-0.05, 0) is 36.8 Å². The molecular weight excluding hydrogens is 318 g/mol. The molecule has 0 aliphatic heterocycles. The summed E-state index contributed by atoms with van der Waals surface area (Å²) in [7, 11) is 1.39. The molecule has 4 heteroatoms. The Morgan fingerprint density at radius 2 is 1.90 bits per heavy atom. The van der Waals surface area contributed by atoms with Crippen LogP contribution in [0.1, 0.15) is 17.2 Å². The van der Waals surface area contributed by atoms with Crippen LogP contribution in [0, 0.1) is 6.92 Å². The predicted molar refractivity (Wildman–Crippen MR) is 83.7 cm³/mol. The van der Waals surface area contributed by atoms with Gasteiger partial charge in [-0.25, -0.2) is 4.79 Å². The van der Waals surface area contributed by atoms with Crippen LogP contribution in [0.15, 0.2) is 53.0 Å². The van der Waals surface area contributed by atoms with Gasteiger partial charge in [0.2, 0.25) is 0 Å². The molecule has 2 aromatic carbocycles. The molecule has 0 heterocycles. The topological polar surface area (TPSA) is 38.3 Å². The molecule has 2 rings (SSSR count). The van der Waals surface area contributed by atoms with Gasteiger partial charge in [0.15, 0.2) is 6.04 Å². The highest BCUT2D eigenvalue weighted by Gasteiger charge is 2.21. The Labute approximate surface area is 127 Å². The third-order valence-electron chi connectivity index (χ3n) is 2.98. The zero-order valence-electron chi connectivity index (χ0n) is 11.4. The number of carbonyl (C=O) groups is 1. The van der Waals surface area contributed by atoms with Crippen LogP contribution in [0.2, 0.25) is 0 Å². The molecule has 0 bridgehead atoms. The summed E-state index contributed by atoms with van der Waals surface area (Å²) < 4.78 is 5.81. The molecule has 20 heavy (non-hydrogen) atoms. The second-order valence-electron chi connectivity index (χ2n) is 4.52. The number of nitrogens with one attached hydrogen (secondary N) is 1. The van der Waals surface area contributed by atoms with Crippen LogP contribution in [-0.2, 0) is 9.53 Å². The monoisotopic (exact) mass is 333 g/mol. The predicted octanol–water partition coefficient (Wildman–Crippen LogP) is 4.08. The normalized spacial score (nSPS) is 11.8. The van der Waals surface area contributed by atoms with Crippen LogP contribution in [0.5, 0.6) is 0 Å². The Morgan fingerprint density at radius 1 is 1.20 bits per heavy atom. The smallest absolute Gasteiger partial charge is 0.332 e. The Morgan fingerprint density at radius 3 is 2.50 bits per heavy atom. The molecule has 104 valence electrons. The molecule has 0 fully saturated rings. The average Bonchev–Trinajstić information content (AvgIpc) is 2.46. The molecule has 0 aliphatic rings. The fourth-order valence-electron chi connectivity index (χ4n) is 1.90. The van der Waals surface area contributed by atoms with Crippen LogP contribution < -0.4 is 5.32 Å². The quantitative estimate of drug-likeness (QED) is 0.856. The summed E-state index contributed by atoms with van der Waals surface area (Å²) in [6.07, 6.45) is 0. The molecule has 1 N–H and O–H groups in total. The molecule has 0 spiro atoms. The molecule has 2 aromatic rings. The number of esters is 1. The Balaban J connectivity index is 2.28. The van der Waals surface area contributed by atoms with Crippen molar-refractivity contribution in [1.29, 1.82) is 0 Å². The van der Waals surface area contributed by atoms with E-state index in [1.165, 1.54) is 12.7 Å². The van der Waals surface area contributed by atoms with Gasteiger partial charge < -0.3 is 10.1 Å². The van der Waals surface area contributed by atoms with E-state index in [1.54, 1.807) is 0 Å². The van der Waals surface area contributed by atoms with E-state index in [4.69, 9.17) is 4.74 Å². The van der Waals surface area contributed by atoms with E-state index in [2.05, 4.69) is 21.2 Å². The lowest BCUT2D eigenvalue weighted by molar-refractivity contribution is -0.141. The number of anilines is 1. The van der Waals surface area contributed by atoms with E-state index >= 15 is 0 Å². The molecule has 0 amide bonds. The van der Waals surface area contributed by atoms with E-state index in [0.717, 1.165) is 15.7 Å². The first-order chi connectivity index (χ1) is 9.60. The number of methoxy groups -OCH3 is 1. The van der Waals surface area contributed by atoms with Crippen molar-refractivity contribution in [1.82, 2.24) is 0 Å². The standard InChI is InChI=1S/C16H16BrNO2/c1-11-6-8-14(9-7-11)18-15(16(19)20-2)12-4-3-5-13(17)10-12/h3-10,15,18H,1-2H3. The van der Waals surface area contributed by atoms with Gasteiger partial charge in [-0.15, -0.1) is 0 Å². The lowest BCUT2D eigenvalue weighted by Gasteiger charge is -2.18. The number of halogens is 1. The van der Waals surface area contributed by atoms with Gasteiger partial charge in [0.05, 0.1) is 7.11 Å². The van der Waals surface area contributed by atoms with E-state index in [9.17, 15) is 4.79 Å².